The van der Waals surface area contributed by atoms with Gasteiger partial charge < -0.3 is 4.74 Å². The zero-order chi connectivity index (χ0) is 15.8. The number of benzene rings is 1. The highest BCUT2D eigenvalue weighted by atomic mass is 16.5. The van der Waals surface area contributed by atoms with E-state index < -0.39 is 0 Å². The molecule has 1 heterocycles. The van der Waals surface area contributed by atoms with Crippen molar-refractivity contribution in [2.75, 3.05) is 18.1 Å². The Labute approximate surface area is 133 Å². The van der Waals surface area contributed by atoms with Crippen molar-refractivity contribution >= 4 is 23.2 Å². The maximum Gasteiger partial charge on any atom is 0.265 e. The van der Waals surface area contributed by atoms with Gasteiger partial charge in [-0.05, 0) is 30.9 Å². The van der Waals surface area contributed by atoms with E-state index in [0.717, 1.165) is 18.6 Å². The standard InChI is InChI=1S/C17H17N3O3/c21-16(19-18-13-8-11-4-3-5-12(11)13)9-20-14-6-1-2-7-15(14)23-10-17(20)22/h1-4,6-7,11-12H,5,8-10H2,(H,19,21)/b18-13-/t11-,12-/m0/s1. The van der Waals surface area contributed by atoms with E-state index >= 15 is 0 Å². The van der Waals surface area contributed by atoms with E-state index in [1.54, 1.807) is 12.1 Å². The molecule has 6 heteroatoms. The third-order valence-electron chi connectivity index (χ3n) is 4.60. The lowest BCUT2D eigenvalue weighted by atomic mass is 9.74. The molecule has 1 N–H and O–H groups in total. The van der Waals surface area contributed by atoms with Crippen LogP contribution < -0.4 is 15.1 Å². The molecule has 2 atom stereocenters. The maximum atomic E-state index is 12.1. The molecule has 0 spiro atoms. The Morgan fingerprint density at radius 2 is 2.26 bits per heavy atom. The molecule has 6 nitrogen and oxygen atoms in total. The Morgan fingerprint density at radius 3 is 3.13 bits per heavy atom. The summed E-state index contributed by atoms with van der Waals surface area (Å²) in [5.74, 6) is 1.15. The number of carbonyl (C=O) groups excluding carboxylic acids is 2. The number of anilines is 1. The van der Waals surface area contributed by atoms with Crippen molar-refractivity contribution in [3.05, 3.63) is 36.4 Å². The SMILES string of the molecule is O=C(CN1C(=O)COc2ccccc21)N/N=C1/C[C@@H]2C=CC[C@H]12. The highest BCUT2D eigenvalue weighted by molar-refractivity contribution is 6.02. The average molecular weight is 311 g/mol. The minimum atomic E-state index is -0.294. The Balaban J connectivity index is 1.41. The number of nitrogens with zero attached hydrogens (tertiary/aromatic N) is 2. The van der Waals surface area contributed by atoms with Crippen molar-refractivity contribution in [3.63, 3.8) is 0 Å². The minimum absolute atomic E-state index is 0.0474. The van der Waals surface area contributed by atoms with Crippen molar-refractivity contribution in [2.24, 2.45) is 16.9 Å². The number of ether oxygens (including phenoxy) is 1. The second-order valence-electron chi connectivity index (χ2n) is 6.01. The van der Waals surface area contributed by atoms with E-state index in [2.05, 4.69) is 22.7 Å². The fourth-order valence-corrected chi connectivity index (χ4v) is 3.30. The molecule has 0 radical (unpaired) electrons. The summed E-state index contributed by atoms with van der Waals surface area (Å²) in [5, 5.41) is 4.23. The van der Waals surface area contributed by atoms with E-state index in [1.165, 1.54) is 4.90 Å². The molecule has 0 saturated heterocycles. The van der Waals surface area contributed by atoms with Gasteiger partial charge >= 0.3 is 0 Å². The van der Waals surface area contributed by atoms with E-state index in [4.69, 9.17) is 4.74 Å². The van der Waals surface area contributed by atoms with Crippen LogP contribution in [0.2, 0.25) is 0 Å². The quantitative estimate of drug-likeness (QED) is 0.679. The molecule has 2 amide bonds. The second-order valence-corrected chi connectivity index (χ2v) is 6.01. The Bertz CT molecular complexity index is 726. The van der Waals surface area contributed by atoms with Crippen molar-refractivity contribution in [1.82, 2.24) is 5.43 Å². The van der Waals surface area contributed by atoms with Crippen molar-refractivity contribution < 1.29 is 14.3 Å². The molecule has 1 aromatic carbocycles. The summed E-state index contributed by atoms with van der Waals surface area (Å²) in [5.41, 5.74) is 4.25. The smallest absolute Gasteiger partial charge is 0.265 e. The van der Waals surface area contributed by atoms with Gasteiger partial charge in [0.1, 0.15) is 12.3 Å². The summed E-state index contributed by atoms with van der Waals surface area (Å²) in [6.07, 6.45) is 6.31. The zero-order valence-corrected chi connectivity index (χ0v) is 12.6. The molecule has 0 bridgehead atoms. The highest BCUT2D eigenvalue weighted by Gasteiger charge is 2.38. The molecule has 23 heavy (non-hydrogen) atoms. The third-order valence-corrected chi connectivity index (χ3v) is 4.60. The Kier molecular flexibility index (Phi) is 3.37. The van der Waals surface area contributed by atoms with Crippen molar-refractivity contribution in [3.8, 4) is 5.75 Å². The number of nitrogens with one attached hydrogen (secondary N) is 1. The summed E-state index contributed by atoms with van der Waals surface area (Å²) in [6.45, 7) is -0.101. The molecule has 1 aliphatic heterocycles. The summed E-state index contributed by atoms with van der Waals surface area (Å²) in [6, 6.07) is 7.20. The summed E-state index contributed by atoms with van der Waals surface area (Å²) in [7, 11) is 0. The molecule has 1 saturated carbocycles. The van der Waals surface area contributed by atoms with Crippen LogP contribution in [0.15, 0.2) is 41.5 Å². The topological polar surface area (TPSA) is 71.0 Å². The van der Waals surface area contributed by atoms with Crippen LogP contribution in [0.5, 0.6) is 5.75 Å². The van der Waals surface area contributed by atoms with Crippen LogP contribution in [0.25, 0.3) is 0 Å². The van der Waals surface area contributed by atoms with Crippen molar-refractivity contribution in [1.29, 1.82) is 0 Å². The summed E-state index contributed by atoms with van der Waals surface area (Å²) >= 11 is 0. The molecule has 1 fully saturated rings. The average Bonchev–Trinajstić information content (AvgIpc) is 2.91. The first-order valence-corrected chi connectivity index (χ1v) is 7.76. The van der Waals surface area contributed by atoms with Crippen LogP contribution in [-0.4, -0.2) is 30.7 Å². The first-order chi connectivity index (χ1) is 11.2. The van der Waals surface area contributed by atoms with Gasteiger partial charge in [0, 0.05) is 11.6 Å². The number of hydrazone groups is 1. The fourth-order valence-electron chi connectivity index (χ4n) is 3.30. The van der Waals surface area contributed by atoms with Gasteiger partial charge in [0.15, 0.2) is 6.61 Å². The number of fused-ring (bicyclic) bond motifs is 2. The lowest BCUT2D eigenvalue weighted by Crippen LogP contribution is -2.45. The van der Waals surface area contributed by atoms with Crippen LogP contribution in [0.1, 0.15) is 12.8 Å². The molecular formula is C17H17N3O3. The molecule has 2 aliphatic carbocycles. The van der Waals surface area contributed by atoms with Gasteiger partial charge in [0.25, 0.3) is 11.8 Å². The molecule has 1 aromatic rings. The predicted octanol–water partition coefficient (Wildman–Crippen LogP) is 1.48. The van der Waals surface area contributed by atoms with Crippen LogP contribution in [0.4, 0.5) is 5.69 Å². The molecule has 3 aliphatic rings. The number of rotatable bonds is 3. The number of allylic oxidation sites excluding steroid dienone is 2. The molecule has 0 aromatic heterocycles. The van der Waals surface area contributed by atoms with E-state index in [-0.39, 0.29) is 25.0 Å². The number of amides is 2. The van der Waals surface area contributed by atoms with Gasteiger partial charge in [0.05, 0.1) is 5.69 Å². The predicted molar refractivity (Wildman–Crippen MR) is 85.2 cm³/mol. The molecule has 4 rings (SSSR count). The summed E-state index contributed by atoms with van der Waals surface area (Å²) < 4.78 is 5.36. The van der Waals surface area contributed by atoms with Gasteiger partial charge in [-0.1, -0.05) is 24.3 Å². The highest BCUT2D eigenvalue weighted by Crippen LogP contribution is 2.40. The maximum absolute atomic E-state index is 12.1. The van der Waals surface area contributed by atoms with Gasteiger partial charge in [-0.15, -0.1) is 0 Å². The molecule has 0 unspecified atom stereocenters. The van der Waals surface area contributed by atoms with Gasteiger partial charge in [-0.2, -0.15) is 5.10 Å². The van der Waals surface area contributed by atoms with Crippen molar-refractivity contribution in [2.45, 2.75) is 12.8 Å². The largest absolute Gasteiger partial charge is 0.482 e. The van der Waals surface area contributed by atoms with E-state index in [1.807, 2.05) is 12.1 Å². The van der Waals surface area contributed by atoms with Gasteiger partial charge in [-0.25, -0.2) is 5.43 Å². The third kappa shape index (κ3) is 2.50. The number of para-hydroxylation sites is 2. The van der Waals surface area contributed by atoms with Crippen LogP contribution in [0.3, 0.4) is 0 Å². The van der Waals surface area contributed by atoms with Crippen LogP contribution in [-0.2, 0) is 9.59 Å². The number of hydrogen-bond acceptors (Lipinski definition) is 4. The normalized spacial score (nSPS) is 26.3. The lowest BCUT2D eigenvalue weighted by Gasteiger charge is -2.32. The minimum Gasteiger partial charge on any atom is -0.482 e. The first-order valence-electron chi connectivity index (χ1n) is 7.76. The first kappa shape index (κ1) is 14.0. The summed E-state index contributed by atoms with van der Waals surface area (Å²) in [4.78, 5) is 25.6. The molecular weight excluding hydrogens is 294 g/mol. The Morgan fingerprint density at radius 1 is 1.39 bits per heavy atom. The van der Waals surface area contributed by atoms with E-state index in [0.29, 0.717) is 23.3 Å². The lowest BCUT2D eigenvalue weighted by molar-refractivity contribution is -0.125. The fraction of sp³-hybridized carbons (Fsp3) is 0.353. The van der Waals surface area contributed by atoms with Crippen LogP contribution >= 0.6 is 0 Å². The zero-order valence-electron chi connectivity index (χ0n) is 12.6. The van der Waals surface area contributed by atoms with E-state index in [9.17, 15) is 9.59 Å². The number of hydrogen-bond donors (Lipinski definition) is 1. The molecule has 118 valence electrons. The van der Waals surface area contributed by atoms with Gasteiger partial charge in [-0.3, -0.25) is 14.5 Å². The number of carbonyl (C=O) groups is 2. The van der Waals surface area contributed by atoms with Gasteiger partial charge in [0.2, 0.25) is 0 Å². The van der Waals surface area contributed by atoms with Crippen LogP contribution in [0, 0.1) is 11.8 Å². The second kappa shape index (κ2) is 5.53. The Hall–Kier alpha value is -2.63. The monoisotopic (exact) mass is 311 g/mol.